The molecule has 0 fully saturated rings. The van der Waals surface area contributed by atoms with Gasteiger partial charge in [0.15, 0.2) is 0 Å². The number of hydrogen-bond donors (Lipinski definition) is 1. The number of nitrogen functional groups attached to an aromatic ring is 1. The van der Waals surface area contributed by atoms with Crippen LogP contribution >= 0.6 is 15.9 Å². The first-order valence-electron chi connectivity index (χ1n) is 9.49. The molecule has 4 heterocycles. The second-order valence-electron chi connectivity index (χ2n) is 7.38. The molecule has 2 atom stereocenters. The fourth-order valence-electron chi connectivity index (χ4n) is 3.96. The van der Waals surface area contributed by atoms with Crippen LogP contribution in [-0.2, 0) is 4.74 Å². The summed E-state index contributed by atoms with van der Waals surface area (Å²) >= 11 is 3.52. The minimum atomic E-state index is -0.202. The van der Waals surface area contributed by atoms with Crippen LogP contribution in [0.1, 0.15) is 40.7 Å². The SMILES string of the molecule is CC1OC[C@@H](N(C)C(=O)c2cc3c(cn2)nc(N)c2cncn23)c2ccc(Br)cc21. The maximum Gasteiger partial charge on any atom is 0.272 e. The normalized spacial score (nSPS) is 18.5. The van der Waals surface area contributed by atoms with Crippen molar-refractivity contribution >= 4 is 44.2 Å². The summed E-state index contributed by atoms with van der Waals surface area (Å²) in [5, 5.41) is 0. The number of hydrogen-bond acceptors (Lipinski definition) is 6. The Hall–Kier alpha value is -3.04. The van der Waals surface area contributed by atoms with E-state index in [-0.39, 0.29) is 18.1 Å². The van der Waals surface area contributed by atoms with E-state index < -0.39 is 0 Å². The molecule has 1 aromatic carbocycles. The second-order valence-corrected chi connectivity index (χ2v) is 8.30. The Morgan fingerprint density at radius 1 is 1.27 bits per heavy atom. The van der Waals surface area contributed by atoms with Crippen LogP contribution in [0.2, 0.25) is 0 Å². The molecule has 0 radical (unpaired) electrons. The van der Waals surface area contributed by atoms with Gasteiger partial charge in [0.2, 0.25) is 0 Å². The van der Waals surface area contributed by atoms with E-state index in [1.807, 2.05) is 29.5 Å². The number of amides is 1. The Kier molecular flexibility index (Phi) is 4.44. The molecule has 4 aromatic rings. The number of imidazole rings is 1. The highest BCUT2D eigenvalue weighted by molar-refractivity contribution is 9.10. The summed E-state index contributed by atoms with van der Waals surface area (Å²) in [5.41, 5.74) is 10.5. The lowest BCUT2D eigenvalue weighted by Crippen LogP contribution is -2.37. The molecule has 8 nitrogen and oxygen atoms in total. The Bertz CT molecular complexity index is 1300. The third-order valence-corrected chi connectivity index (χ3v) is 6.11. The molecule has 152 valence electrons. The number of ether oxygens (including phenoxy) is 1. The number of likely N-dealkylation sites (N-methyl/N-ethyl adjacent to an activating group) is 1. The molecular formula is C21H19BrN6O2. The van der Waals surface area contributed by atoms with Crippen molar-refractivity contribution in [2.45, 2.75) is 19.1 Å². The van der Waals surface area contributed by atoms with E-state index in [4.69, 9.17) is 10.5 Å². The van der Waals surface area contributed by atoms with Crippen molar-refractivity contribution in [2.75, 3.05) is 19.4 Å². The summed E-state index contributed by atoms with van der Waals surface area (Å²) < 4.78 is 8.74. The highest BCUT2D eigenvalue weighted by Gasteiger charge is 2.31. The Labute approximate surface area is 180 Å². The summed E-state index contributed by atoms with van der Waals surface area (Å²) in [6.07, 6.45) is 4.84. The fourth-order valence-corrected chi connectivity index (χ4v) is 4.33. The molecule has 1 aliphatic heterocycles. The number of nitrogens with zero attached hydrogens (tertiary/aromatic N) is 5. The first kappa shape index (κ1) is 19.0. The maximum atomic E-state index is 13.3. The largest absolute Gasteiger partial charge is 0.382 e. The minimum absolute atomic E-state index is 0.0258. The summed E-state index contributed by atoms with van der Waals surface area (Å²) in [5.74, 6) is 0.174. The van der Waals surface area contributed by atoms with E-state index in [2.05, 4.69) is 30.9 Å². The number of fused-ring (bicyclic) bond motifs is 4. The van der Waals surface area contributed by atoms with E-state index in [0.29, 0.717) is 29.2 Å². The summed E-state index contributed by atoms with van der Waals surface area (Å²) in [4.78, 5) is 27.9. The zero-order valence-electron chi connectivity index (χ0n) is 16.4. The number of aromatic nitrogens is 4. The van der Waals surface area contributed by atoms with Crippen molar-refractivity contribution < 1.29 is 9.53 Å². The van der Waals surface area contributed by atoms with Gasteiger partial charge in [-0.3, -0.25) is 9.20 Å². The smallest absolute Gasteiger partial charge is 0.272 e. The number of halogens is 1. The first-order valence-corrected chi connectivity index (χ1v) is 10.3. The van der Waals surface area contributed by atoms with E-state index in [9.17, 15) is 4.79 Å². The van der Waals surface area contributed by atoms with Crippen LogP contribution in [0.25, 0.3) is 16.6 Å². The molecule has 0 spiro atoms. The highest BCUT2D eigenvalue weighted by Crippen LogP contribution is 2.37. The molecule has 0 bridgehead atoms. The van der Waals surface area contributed by atoms with Crippen molar-refractivity contribution in [1.29, 1.82) is 0 Å². The molecule has 1 amide bonds. The van der Waals surface area contributed by atoms with Gasteiger partial charge in [0, 0.05) is 11.5 Å². The van der Waals surface area contributed by atoms with Gasteiger partial charge in [0.05, 0.1) is 43.0 Å². The number of anilines is 1. The van der Waals surface area contributed by atoms with Gasteiger partial charge in [-0.2, -0.15) is 0 Å². The zero-order chi connectivity index (χ0) is 21.0. The van der Waals surface area contributed by atoms with Crippen LogP contribution in [0.5, 0.6) is 0 Å². The summed E-state index contributed by atoms with van der Waals surface area (Å²) in [7, 11) is 1.78. The van der Waals surface area contributed by atoms with Crippen LogP contribution in [0.4, 0.5) is 5.82 Å². The number of rotatable bonds is 2. The highest BCUT2D eigenvalue weighted by atomic mass is 79.9. The molecule has 3 aromatic heterocycles. The van der Waals surface area contributed by atoms with E-state index in [1.54, 1.807) is 36.7 Å². The van der Waals surface area contributed by atoms with Crippen LogP contribution in [0, 0.1) is 0 Å². The number of carbonyl (C=O) groups is 1. The van der Waals surface area contributed by atoms with Gasteiger partial charge in [0.25, 0.3) is 5.91 Å². The van der Waals surface area contributed by atoms with Crippen molar-refractivity contribution in [1.82, 2.24) is 24.3 Å². The number of pyridine rings is 1. The van der Waals surface area contributed by atoms with Crippen LogP contribution in [-0.4, -0.2) is 43.8 Å². The molecular weight excluding hydrogens is 448 g/mol. The lowest BCUT2D eigenvalue weighted by atomic mass is 9.94. The standard InChI is InChI=1S/C21H19BrN6O2/c1-11-14-5-12(22)3-4-13(14)19(9-30-11)27(2)21(29)15-6-17-16(7-25-15)26-20(23)18-8-24-10-28(17)18/h3-8,10-11,19H,9H2,1-2H3,(H2,23,26)/t11?,19-/m1/s1. The Balaban J connectivity index is 1.54. The van der Waals surface area contributed by atoms with Gasteiger partial charge >= 0.3 is 0 Å². The van der Waals surface area contributed by atoms with E-state index in [0.717, 1.165) is 21.1 Å². The number of carbonyl (C=O) groups excluding carboxylic acids is 1. The topological polar surface area (TPSA) is 98.6 Å². The molecule has 1 unspecified atom stereocenters. The van der Waals surface area contributed by atoms with Gasteiger partial charge in [-0.05, 0) is 36.2 Å². The van der Waals surface area contributed by atoms with Gasteiger partial charge in [-0.15, -0.1) is 0 Å². The predicted octanol–water partition coefficient (Wildman–Crippen LogP) is 3.53. The van der Waals surface area contributed by atoms with Crippen molar-refractivity contribution in [3.63, 3.8) is 0 Å². The van der Waals surface area contributed by atoms with E-state index in [1.165, 1.54) is 0 Å². The molecule has 2 N–H and O–H groups in total. The van der Waals surface area contributed by atoms with Crippen LogP contribution in [0.3, 0.4) is 0 Å². The van der Waals surface area contributed by atoms with Gasteiger partial charge in [0.1, 0.15) is 22.5 Å². The van der Waals surface area contributed by atoms with Crippen molar-refractivity contribution in [3.8, 4) is 0 Å². The molecule has 9 heteroatoms. The Morgan fingerprint density at radius 3 is 2.93 bits per heavy atom. The molecule has 30 heavy (non-hydrogen) atoms. The number of benzene rings is 1. The summed E-state index contributed by atoms with van der Waals surface area (Å²) in [6.45, 7) is 2.44. The third-order valence-electron chi connectivity index (χ3n) is 5.62. The third kappa shape index (κ3) is 2.93. The first-order chi connectivity index (χ1) is 14.4. The van der Waals surface area contributed by atoms with Crippen molar-refractivity contribution in [2.24, 2.45) is 0 Å². The molecule has 1 aliphatic rings. The monoisotopic (exact) mass is 466 g/mol. The minimum Gasteiger partial charge on any atom is -0.382 e. The lowest BCUT2D eigenvalue weighted by molar-refractivity contribution is 0.00473. The van der Waals surface area contributed by atoms with Crippen LogP contribution in [0.15, 0.2) is 47.5 Å². The van der Waals surface area contributed by atoms with Gasteiger partial charge in [-0.25, -0.2) is 15.0 Å². The lowest BCUT2D eigenvalue weighted by Gasteiger charge is -2.35. The molecule has 0 aliphatic carbocycles. The van der Waals surface area contributed by atoms with Gasteiger partial charge < -0.3 is 15.4 Å². The quantitative estimate of drug-likeness (QED) is 0.485. The summed E-state index contributed by atoms with van der Waals surface area (Å²) in [6, 6.07) is 7.60. The molecule has 0 saturated carbocycles. The number of nitrogens with two attached hydrogens (primary N) is 1. The van der Waals surface area contributed by atoms with E-state index >= 15 is 0 Å². The molecule has 5 rings (SSSR count). The molecule has 0 saturated heterocycles. The van der Waals surface area contributed by atoms with Crippen LogP contribution < -0.4 is 5.73 Å². The fraction of sp³-hybridized carbons (Fsp3) is 0.238. The average Bonchev–Trinajstić information content (AvgIpc) is 3.24. The van der Waals surface area contributed by atoms with Crippen molar-refractivity contribution in [3.05, 3.63) is 64.3 Å². The maximum absolute atomic E-state index is 13.3. The second kappa shape index (κ2) is 7.03. The average molecular weight is 467 g/mol. The zero-order valence-corrected chi connectivity index (χ0v) is 18.0. The Morgan fingerprint density at radius 2 is 2.10 bits per heavy atom. The predicted molar refractivity (Wildman–Crippen MR) is 116 cm³/mol. The van der Waals surface area contributed by atoms with Gasteiger partial charge in [-0.1, -0.05) is 22.0 Å².